The molecule has 0 fully saturated rings. The zero-order valence-corrected chi connectivity index (χ0v) is 12.6. The fourth-order valence-corrected chi connectivity index (χ4v) is 2.23. The predicted octanol–water partition coefficient (Wildman–Crippen LogP) is 3.82. The van der Waals surface area contributed by atoms with E-state index in [2.05, 4.69) is 33.4 Å². The molecule has 0 heterocycles. The number of benzene rings is 2. The lowest BCUT2D eigenvalue weighted by atomic mass is 10.1. The normalized spacial score (nSPS) is 10.7. The van der Waals surface area contributed by atoms with Crippen LogP contribution in [-0.2, 0) is 11.2 Å². The second-order valence-electron chi connectivity index (χ2n) is 4.38. The topological polar surface area (TPSA) is 29.1 Å². The monoisotopic (exact) mass is 329 g/mol. The third-order valence-electron chi connectivity index (χ3n) is 2.88. The quantitative estimate of drug-likeness (QED) is 0.830. The van der Waals surface area contributed by atoms with Crippen molar-refractivity contribution in [1.82, 2.24) is 5.32 Å². The summed E-state index contributed by atoms with van der Waals surface area (Å²) in [6, 6.07) is 17.9. The molecule has 1 amide bonds. The van der Waals surface area contributed by atoms with Crippen LogP contribution in [0.25, 0.3) is 6.08 Å². The van der Waals surface area contributed by atoms with Gasteiger partial charge in [0.2, 0.25) is 5.91 Å². The molecule has 0 aromatic heterocycles. The molecule has 2 aromatic rings. The van der Waals surface area contributed by atoms with Gasteiger partial charge in [0.25, 0.3) is 0 Å². The van der Waals surface area contributed by atoms with Crippen molar-refractivity contribution in [2.75, 3.05) is 6.54 Å². The highest BCUT2D eigenvalue weighted by Gasteiger charge is 1.97. The van der Waals surface area contributed by atoms with Gasteiger partial charge in [-0.2, -0.15) is 0 Å². The van der Waals surface area contributed by atoms with Gasteiger partial charge in [-0.25, -0.2) is 0 Å². The van der Waals surface area contributed by atoms with Crippen molar-refractivity contribution >= 4 is 27.9 Å². The number of hydrogen-bond donors (Lipinski definition) is 1. The first-order chi connectivity index (χ1) is 9.75. The zero-order chi connectivity index (χ0) is 14.2. The van der Waals surface area contributed by atoms with Crippen molar-refractivity contribution in [3.63, 3.8) is 0 Å². The van der Waals surface area contributed by atoms with Crippen molar-refractivity contribution in [2.45, 2.75) is 6.42 Å². The van der Waals surface area contributed by atoms with Crippen LogP contribution in [0.4, 0.5) is 0 Å². The molecule has 2 rings (SSSR count). The van der Waals surface area contributed by atoms with Crippen LogP contribution in [0.5, 0.6) is 0 Å². The van der Waals surface area contributed by atoms with Gasteiger partial charge in [-0.1, -0.05) is 64.5 Å². The van der Waals surface area contributed by atoms with E-state index < -0.39 is 0 Å². The van der Waals surface area contributed by atoms with Crippen LogP contribution in [-0.4, -0.2) is 12.5 Å². The summed E-state index contributed by atoms with van der Waals surface area (Å²) in [5.41, 5.74) is 2.22. The summed E-state index contributed by atoms with van der Waals surface area (Å²) in [5, 5.41) is 2.88. The van der Waals surface area contributed by atoms with Gasteiger partial charge < -0.3 is 5.32 Å². The maximum atomic E-state index is 11.7. The molecular formula is C17H16BrNO. The molecule has 0 unspecified atom stereocenters. The van der Waals surface area contributed by atoms with E-state index in [0.717, 1.165) is 16.5 Å². The summed E-state index contributed by atoms with van der Waals surface area (Å²) in [4.78, 5) is 11.7. The molecule has 20 heavy (non-hydrogen) atoms. The molecule has 2 nitrogen and oxygen atoms in total. The molecule has 102 valence electrons. The number of nitrogens with one attached hydrogen (secondary N) is 1. The van der Waals surface area contributed by atoms with E-state index in [1.54, 1.807) is 6.08 Å². The van der Waals surface area contributed by atoms with Gasteiger partial charge in [-0.15, -0.1) is 0 Å². The van der Waals surface area contributed by atoms with Crippen molar-refractivity contribution in [3.8, 4) is 0 Å². The van der Waals surface area contributed by atoms with Crippen LogP contribution in [0.3, 0.4) is 0 Å². The summed E-state index contributed by atoms with van der Waals surface area (Å²) < 4.78 is 0.980. The highest BCUT2D eigenvalue weighted by Crippen LogP contribution is 2.16. The molecule has 0 radical (unpaired) electrons. The van der Waals surface area contributed by atoms with Crippen LogP contribution < -0.4 is 5.32 Å². The van der Waals surface area contributed by atoms with Gasteiger partial charge in [-0.3, -0.25) is 4.79 Å². The first-order valence-corrected chi connectivity index (χ1v) is 7.29. The Bertz CT molecular complexity index is 593. The number of hydrogen-bond acceptors (Lipinski definition) is 1. The molecule has 0 saturated heterocycles. The zero-order valence-electron chi connectivity index (χ0n) is 11.1. The van der Waals surface area contributed by atoms with E-state index in [9.17, 15) is 4.79 Å². The highest BCUT2D eigenvalue weighted by molar-refractivity contribution is 9.10. The average molecular weight is 330 g/mol. The Kier molecular flexibility index (Phi) is 5.56. The van der Waals surface area contributed by atoms with Crippen LogP contribution in [0.15, 0.2) is 65.1 Å². The fourth-order valence-electron chi connectivity index (χ4n) is 1.81. The van der Waals surface area contributed by atoms with Crippen LogP contribution in [0.1, 0.15) is 11.1 Å². The van der Waals surface area contributed by atoms with E-state index in [1.165, 1.54) is 5.56 Å². The van der Waals surface area contributed by atoms with Gasteiger partial charge in [0, 0.05) is 17.1 Å². The Labute approximate surface area is 127 Å². The van der Waals surface area contributed by atoms with Crippen molar-refractivity contribution in [2.24, 2.45) is 0 Å². The summed E-state index contributed by atoms with van der Waals surface area (Å²) in [6.07, 6.45) is 4.21. The number of amides is 1. The minimum Gasteiger partial charge on any atom is -0.352 e. The molecule has 0 atom stereocenters. The third-order valence-corrected chi connectivity index (χ3v) is 3.60. The van der Waals surface area contributed by atoms with Crippen LogP contribution in [0, 0.1) is 0 Å². The van der Waals surface area contributed by atoms with E-state index in [-0.39, 0.29) is 5.91 Å². The Morgan fingerprint density at radius 1 is 1.05 bits per heavy atom. The lowest BCUT2D eigenvalue weighted by molar-refractivity contribution is -0.116. The number of rotatable bonds is 5. The second kappa shape index (κ2) is 7.65. The molecule has 0 aliphatic heterocycles. The number of carbonyl (C=O) groups excluding carboxylic acids is 1. The van der Waals surface area contributed by atoms with Crippen LogP contribution >= 0.6 is 15.9 Å². The smallest absolute Gasteiger partial charge is 0.244 e. The maximum Gasteiger partial charge on any atom is 0.244 e. The lowest BCUT2D eigenvalue weighted by Gasteiger charge is -2.02. The Morgan fingerprint density at radius 2 is 1.75 bits per heavy atom. The summed E-state index contributed by atoms with van der Waals surface area (Å²) in [7, 11) is 0. The Morgan fingerprint density at radius 3 is 2.50 bits per heavy atom. The van der Waals surface area contributed by atoms with E-state index in [4.69, 9.17) is 0 Å². The minimum absolute atomic E-state index is 0.0725. The van der Waals surface area contributed by atoms with Crippen molar-refractivity contribution in [3.05, 3.63) is 76.3 Å². The molecule has 1 N–H and O–H groups in total. The molecule has 2 aromatic carbocycles. The van der Waals surface area contributed by atoms with Crippen molar-refractivity contribution in [1.29, 1.82) is 0 Å². The molecule has 3 heteroatoms. The lowest BCUT2D eigenvalue weighted by Crippen LogP contribution is -2.23. The molecule has 0 bridgehead atoms. The number of carbonyl (C=O) groups is 1. The average Bonchev–Trinajstić information content (AvgIpc) is 2.47. The highest BCUT2D eigenvalue weighted by atomic mass is 79.9. The Balaban J connectivity index is 1.80. The minimum atomic E-state index is -0.0725. The van der Waals surface area contributed by atoms with E-state index in [0.29, 0.717) is 6.54 Å². The second-order valence-corrected chi connectivity index (χ2v) is 5.24. The molecule has 0 spiro atoms. The van der Waals surface area contributed by atoms with Crippen LogP contribution in [0.2, 0.25) is 0 Å². The predicted molar refractivity (Wildman–Crippen MR) is 86.3 cm³/mol. The number of halogens is 1. The fraction of sp³-hybridized carbons (Fsp3) is 0.118. The standard InChI is InChI=1S/C17H16BrNO/c18-16-9-5-4-8-15(16)10-11-17(20)19-13-12-14-6-2-1-3-7-14/h1-11H,12-13H2,(H,19,20). The first kappa shape index (κ1) is 14.5. The Hall–Kier alpha value is -1.87. The van der Waals surface area contributed by atoms with Gasteiger partial charge in [0.15, 0.2) is 0 Å². The largest absolute Gasteiger partial charge is 0.352 e. The van der Waals surface area contributed by atoms with E-state index in [1.807, 2.05) is 48.5 Å². The van der Waals surface area contributed by atoms with E-state index >= 15 is 0 Å². The van der Waals surface area contributed by atoms with Gasteiger partial charge in [0.1, 0.15) is 0 Å². The van der Waals surface area contributed by atoms with Gasteiger partial charge in [0.05, 0.1) is 0 Å². The molecule has 0 aliphatic carbocycles. The SMILES string of the molecule is O=C(C=Cc1ccccc1Br)NCCc1ccccc1. The third kappa shape index (κ3) is 4.67. The van der Waals surface area contributed by atoms with Crippen molar-refractivity contribution < 1.29 is 4.79 Å². The molecular weight excluding hydrogens is 314 g/mol. The summed E-state index contributed by atoms with van der Waals surface area (Å²) in [6.45, 7) is 0.642. The molecule has 0 aliphatic rings. The van der Waals surface area contributed by atoms with Gasteiger partial charge in [-0.05, 0) is 29.7 Å². The summed E-state index contributed by atoms with van der Waals surface area (Å²) >= 11 is 3.45. The maximum absolute atomic E-state index is 11.7. The summed E-state index contributed by atoms with van der Waals surface area (Å²) in [5.74, 6) is -0.0725. The van der Waals surface area contributed by atoms with Gasteiger partial charge >= 0.3 is 0 Å². The first-order valence-electron chi connectivity index (χ1n) is 6.50. The molecule has 0 saturated carbocycles.